The van der Waals surface area contributed by atoms with E-state index < -0.39 is 15.6 Å². The minimum Gasteiger partial charge on any atom is -0.337 e. The van der Waals surface area contributed by atoms with Gasteiger partial charge in [-0.15, -0.1) is 0 Å². The van der Waals surface area contributed by atoms with Crippen LogP contribution in [0.1, 0.15) is 50.2 Å². The quantitative estimate of drug-likeness (QED) is 0.698. The second kappa shape index (κ2) is 11.3. The average molecular weight is 457 g/mol. The lowest BCUT2D eigenvalue weighted by Crippen LogP contribution is -2.37. The first-order valence-corrected chi connectivity index (χ1v) is 13.1. The second-order valence-electron chi connectivity index (χ2n) is 8.40. The maximum atomic E-state index is 13.1. The lowest BCUT2D eigenvalue weighted by atomic mass is 10.1. The van der Waals surface area contributed by atoms with Crippen molar-refractivity contribution in [3.05, 3.63) is 65.7 Å². The van der Waals surface area contributed by atoms with Crippen molar-refractivity contribution in [2.45, 2.75) is 51.3 Å². The first-order valence-electron chi connectivity index (χ1n) is 11.2. The highest BCUT2D eigenvalue weighted by Gasteiger charge is 2.24. The monoisotopic (exact) mass is 456 g/mol. The molecule has 0 saturated heterocycles. The van der Waals surface area contributed by atoms with Gasteiger partial charge in [0, 0.05) is 32.2 Å². The van der Waals surface area contributed by atoms with E-state index in [0.29, 0.717) is 25.2 Å². The summed E-state index contributed by atoms with van der Waals surface area (Å²) in [5, 5.41) is 0. The summed E-state index contributed by atoms with van der Waals surface area (Å²) >= 11 is 0. The van der Waals surface area contributed by atoms with Crippen molar-refractivity contribution in [1.29, 1.82) is 0 Å². The van der Waals surface area contributed by atoms with E-state index in [1.165, 1.54) is 0 Å². The molecule has 0 fully saturated rings. The van der Waals surface area contributed by atoms with E-state index in [1.807, 2.05) is 30.3 Å². The molecule has 0 aliphatic carbocycles. The number of fused-ring (bicyclic) bond motifs is 1. The standard InChI is InChI=1S/C25H32N2O4S/c1-21(28)27-17-11-4-2-3-10-16-26(18-23-14-8-9-15-24(23)27)25(29)20-32(30,31)19-22-12-6-5-7-13-22/h5-9,12-15H,2-4,10-11,16-20H2,1H3. The van der Waals surface area contributed by atoms with Crippen LogP contribution in [-0.4, -0.2) is 44.0 Å². The molecule has 2 amide bonds. The first-order chi connectivity index (χ1) is 15.4. The summed E-state index contributed by atoms with van der Waals surface area (Å²) in [6.45, 7) is 3.00. The fraction of sp³-hybridized carbons (Fsp3) is 0.440. The zero-order chi connectivity index (χ0) is 23.0. The van der Waals surface area contributed by atoms with Crippen molar-refractivity contribution in [2.75, 3.05) is 23.7 Å². The van der Waals surface area contributed by atoms with Crippen molar-refractivity contribution < 1.29 is 18.0 Å². The van der Waals surface area contributed by atoms with Gasteiger partial charge < -0.3 is 9.80 Å². The van der Waals surface area contributed by atoms with Crippen LogP contribution < -0.4 is 4.90 Å². The Balaban J connectivity index is 1.82. The Morgan fingerprint density at radius 3 is 2.19 bits per heavy atom. The van der Waals surface area contributed by atoms with E-state index in [1.54, 1.807) is 41.0 Å². The molecule has 32 heavy (non-hydrogen) atoms. The van der Waals surface area contributed by atoms with Crippen LogP contribution in [0, 0.1) is 0 Å². The Morgan fingerprint density at radius 2 is 1.47 bits per heavy atom. The van der Waals surface area contributed by atoms with Gasteiger partial charge in [0.25, 0.3) is 0 Å². The number of hydrogen-bond donors (Lipinski definition) is 0. The molecule has 172 valence electrons. The Hall–Kier alpha value is -2.67. The van der Waals surface area contributed by atoms with Crippen LogP contribution in [0.2, 0.25) is 0 Å². The number of hydrogen-bond acceptors (Lipinski definition) is 4. The van der Waals surface area contributed by atoms with Crippen LogP contribution in [0.25, 0.3) is 0 Å². The van der Waals surface area contributed by atoms with E-state index >= 15 is 0 Å². The lowest BCUT2D eigenvalue weighted by Gasteiger charge is -2.29. The van der Waals surface area contributed by atoms with E-state index in [9.17, 15) is 18.0 Å². The predicted molar refractivity (Wildman–Crippen MR) is 127 cm³/mol. The first kappa shape index (κ1) is 24.0. The molecule has 0 N–H and O–H groups in total. The van der Waals surface area contributed by atoms with Crippen LogP contribution >= 0.6 is 0 Å². The molecule has 2 aromatic carbocycles. The largest absolute Gasteiger partial charge is 0.337 e. The molecule has 2 aromatic rings. The third-order valence-corrected chi connectivity index (χ3v) is 7.22. The average Bonchev–Trinajstić information content (AvgIpc) is 2.74. The number of anilines is 1. The summed E-state index contributed by atoms with van der Waals surface area (Å²) < 4.78 is 25.4. The van der Waals surface area contributed by atoms with Crippen molar-refractivity contribution in [3.8, 4) is 0 Å². The normalized spacial score (nSPS) is 15.9. The molecule has 3 rings (SSSR count). The number of sulfone groups is 1. The molecule has 0 spiro atoms. The summed E-state index contributed by atoms with van der Waals surface area (Å²) in [5.74, 6) is -1.08. The fourth-order valence-electron chi connectivity index (χ4n) is 4.11. The van der Waals surface area contributed by atoms with Crippen LogP contribution in [0.15, 0.2) is 54.6 Å². The van der Waals surface area contributed by atoms with Gasteiger partial charge in [-0.1, -0.05) is 67.8 Å². The molecule has 1 aliphatic heterocycles. The number of rotatable bonds is 4. The van der Waals surface area contributed by atoms with Gasteiger partial charge in [0.05, 0.1) is 5.75 Å². The van der Waals surface area contributed by atoms with Gasteiger partial charge in [0.1, 0.15) is 5.75 Å². The van der Waals surface area contributed by atoms with E-state index in [0.717, 1.165) is 43.4 Å². The highest BCUT2D eigenvalue weighted by molar-refractivity contribution is 7.91. The summed E-state index contributed by atoms with van der Waals surface area (Å²) in [4.78, 5) is 28.8. The Bertz CT molecular complexity index is 1020. The summed E-state index contributed by atoms with van der Waals surface area (Å²) in [6.07, 6.45) is 4.80. The van der Waals surface area contributed by atoms with Crippen molar-refractivity contribution in [1.82, 2.24) is 4.90 Å². The summed E-state index contributed by atoms with van der Waals surface area (Å²) in [7, 11) is -3.59. The maximum absolute atomic E-state index is 13.1. The molecule has 0 atom stereocenters. The molecular weight excluding hydrogens is 424 g/mol. The van der Waals surface area contributed by atoms with E-state index in [2.05, 4.69) is 0 Å². The molecule has 0 saturated carbocycles. The number of nitrogens with zero attached hydrogens (tertiary/aromatic N) is 2. The lowest BCUT2D eigenvalue weighted by molar-refractivity contribution is -0.129. The molecule has 0 unspecified atom stereocenters. The minimum atomic E-state index is -3.59. The highest BCUT2D eigenvalue weighted by atomic mass is 32.2. The topological polar surface area (TPSA) is 74.8 Å². The third kappa shape index (κ3) is 6.92. The van der Waals surface area contributed by atoms with Gasteiger partial charge in [0.15, 0.2) is 9.84 Å². The van der Waals surface area contributed by atoms with E-state index in [4.69, 9.17) is 0 Å². The number of benzene rings is 2. The Morgan fingerprint density at radius 1 is 0.844 bits per heavy atom. The molecule has 7 heteroatoms. The molecule has 1 heterocycles. The predicted octanol–water partition coefficient (Wildman–Crippen LogP) is 3.95. The van der Waals surface area contributed by atoms with Gasteiger partial charge >= 0.3 is 0 Å². The zero-order valence-corrected chi connectivity index (χ0v) is 19.5. The number of amides is 2. The minimum absolute atomic E-state index is 0.0298. The van der Waals surface area contributed by atoms with Gasteiger partial charge in [-0.2, -0.15) is 0 Å². The molecule has 6 nitrogen and oxygen atoms in total. The van der Waals surface area contributed by atoms with Crippen molar-refractivity contribution >= 4 is 27.3 Å². The van der Waals surface area contributed by atoms with E-state index in [-0.39, 0.29) is 17.6 Å². The van der Waals surface area contributed by atoms with Crippen LogP contribution in [0.5, 0.6) is 0 Å². The van der Waals surface area contributed by atoms with Crippen molar-refractivity contribution in [2.24, 2.45) is 0 Å². The van der Waals surface area contributed by atoms with Gasteiger partial charge in [-0.25, -0.2) is 8.42 Å². The number of carbonyl (C=O) groups excluding carboxylic acids is 2. The summed E-state index contributed by atoms with van der Waals surface area (Å²) in [5.41, 5.74) is 2.33. The molecule has 0 aromatic heterocycles. The number of para-hydroxylation sites is 1. The smallest absolute Gasteiger partial charge is 0.238 e. The van der Waals surface area contributed by atoms with Crippen LogP contribution in [0.4, 0.5) is 5.69 Å². The SMILES string of the molecule is CC(=O)N1CCCCCCCN(C(=O)CS(=O)(=O)Cc2ccccc2)Cc2ccccc21. The number of carbonyl (C=O) groups is 2. The molecule has 0 bridgehead atoms. The Kier molecular flexibility index (Phi) is 8.45. The van der Waals surface area contributed by atoms with Crippen molar-refractivity contribution in [3.63, 3.8) is 0 Å². The van der Waals surface area contributed by atoms with Gasteiger partial charge in [-0.3, -0.25) is 9.59 Å². The highest BCUT2D eigenvalue weighted by Crippen LogP contribution is 2.24. The maximum Gasteiger partial charge on any atom is 0.238 e. The molecule has 1 aliphatic rings. The third-order valence-electron chi connectivity index (χ3n) is 5.76. The second-order valence-corrected chi connectivity index (χ2v) is 10.5. The molecule has 0 radical (unpaired) electrons. The van der Waals surface area contributed by atoms with Gasteiger partial charge in [0.2, 0.25) is 11.8 Å². The summed E-state index contributed by atoms with van der Waals surface area (Å²) in [6, 6.07) is 16.5. The van der Waals surface area contributed by atoms with Crippen LogP contribution in [0.3, 0.4) is 0 Å². The zero-order valence-electron chi connectivity index (χ0n) is 18.7. The fourth-order valence-corrected chi connectivity index (χ4v) is 5.48. The van der Waals surface area contributed by atoms with Gasteiger partial charge in [-0.05, 0) is 30.0 Å². The molecular formula is C25H32N2O4S. The van der Waals surface area contributed by atoms with Crippen LogP contribution in [-0.2, 0) is 31.7 Å². The Labute approximate surface area is 191 Å².